The molecule has 1 aliphatic heterocycles. The molecular formula is C15H15ClN2O3. The summed E-state index contributed by atoms with van der Waals surface area (Å²) in [5.74, 6) is -0.258. The second-order valence-electron chi connectivity index (χ2n) is 4.66. The average molecular weight is 307 g/mol. The molecule has 1 aliphatic rings. The number of nitrogens with two attached hydrogens (primary N) is 1. The second kappa shape index (κ2) is 7.11. The van der Waals surface area contributed by atoms with Crippen LogP contribution in [0.25, 0.3) is 6.08 Å². The van der Waals surface area contributed by atoms with E-state index < -0.39 is 5.91 Å². The lowest BCUT2D eigenvalue weighted by Gasteiger charge is -2.13. The summed E-state index contributed by atoms with van der Waals surface area (Å²) in [6, 6.07) is 6.75. The Morgan fingerprint density at radius 2 is 2.43 bits per heavy atom. The summed E-state index contributed by atoms with van der Waals surface area (Å²) < 4.78 is 11.2. The minimum atomic E-state index is -0.789. The van der Waals surface area contributed by atoms with Gasteiger partial charge in [0.25, 0.3) is 5.91 Å². The number of nitrogens with zero attached hydrogens (tertiary/aromatic N) is 1. The minimum absolute atomic E-state index is 0.0732. The molecule has 2 N–H and O–H groups in total. The van der Waals surface area contributed by atoms with Crippen molar-refractivity contribution in [1.29, 1.82) is 5.26 Å². The number of halogens is 1. The van der Waals surface area contributed by atoms with Crippen molar-refractivity contribution in [2.45, 2.75) is 18.9 Å². The Labute approximate surface area is 127 Å². The van der Waals surface area contributed by atoms with E-state index in [-0.39, 0.29) is 11.7 Å². The van der Waals surface area contributed by atoms with Crippen LogP contribution < -0.4 is 10.5 Å². The summed E-state index contributed by atoms with van der Waals surface area (Å²) in [5.41, 5.74) is 5.52. The molecule has 1 saturated heterocycles. The van der Waals surface area contributed by atoms with Gasteiger partial charge < -0.3 is 15.2 Å². The predicted octanol–water partition coefficient (Wildman–Crippen LogP) is 2.29. The number of hydrogen-bond acceptors (Lipinski definition) is 4. The van der Waals surface area contributed by atoms with Crippen LogP contribution >= 0.6 is 11.6 Å². The van der Waals surface area contributed by atoms with E-state index in [1.165, 1.54) is 6.08 Å². The van der Waals surface area contributed by atoms with Gasteiger partial charge in [-0.05, 0) is 37.1 Å². The standard InChI is InChI=1S/C15H15ClN2O3/c16-12-3-4-14(21-9-13-2-1-5-20-13)10(7-12)6-11(8-17)15(18)19/h3-4,6-7,13H,1-2,5,9H2,(H2,18,19)/b11-6+. The van der Waals surface area contributed by atoms with Crippen molar-refractivity contribution in [2.75, 3.05) is 13.2 Å². The van der Waals surface area contributed by atoms with Gasteiger partial charge in [-0.3, -0.25) is 4.79 Å². The first-order valence-corrected chi connectivity index (χ1v) is 6.93. The van der Waals surface area contributed by atoms with E-state index in [4.69, 9.17) is 32.1 Å². The number of hydrogen-bond donors (Lipinski definition) is 1. The molecule has 0 saturated carbocycles. The number of benzene rings is 1. The fourth-order valence-electron chi connectivity index (χ4n) is 2.04. The maximum absolute atomic E-state index is 11.1. The predicted molar refractivity (Wildman–Crippen MR) is 78.7 cm³/mol. The fourth-order valence-corrected chi connectivity index (χ4v) is 2.22. The Kier molecular flexibility index (Phi) is 5.20. The largest absolute Gasteiger partial charge is 0.490 e. The van der Waals surface area contributed by atoms with E-state index in [1.807, 2.05) is 0 Å². The highest BCUT2D eigenvalue weighted by molar-refractivity contribution is 6.30. The van der Waals surface area contributed by atoms with Crippen LogP contribution in [0.4, 0.5) is 0 Å². The molecular weight excluding hydrogens is 292 g/mol. The number of rotatable bonds is 5. The SMILES string of the molecule is N#C/C(=C\c1cc(Cl)ccc1OCC1CCCO1)C(N)=O. The number of amides is 1. The van der Waals surface area contributed by atoms with Crippen LogP contribution in [0.5, 0.6) is 5.75 Å². The lowest BCUT2D eigenvalue weighted by atomic mass is 10.1. The Morgan fingerprint density at radius 3 is 3.05 bits per heavy atom. The maximum atomic E-state index is 11.1. The molecule has 0 aromatic heterocycles. The molecule has 2 rings (SSSR count). The van der Waals surface area contributed by atoms with E-state index in [1.54, 1.807) is 24.3 Å². The second-order valence-corrected chi connectivity index (χ2v) is 5.10. The van der Waals surface area contributed by atoms with Gasteiger partial charge in [0.2, 0.25) is 0 Å². The molecule has 0 radical (unpaired) electrons. The molecule has 1 amide bonds. The van der Waals surface area contributed by atoms with Crippen LogP contribution in [0, 0.1) is 11.3 Å². The third-order valence-electron chi connectivity index (χ3n) is 3.11. The smallest absolute Gasteiger partial charge is 0.259 e. The van der Waals surface area contributed by atoms with Crippen molar-refractivity contribution in [2.24, 2.45) is 5.73 Å². The molecule has 1 atom stereocenters. The number of ether oxygens (including phenoxy) is 2. The Balaban J connectivity index is 2.20. The van der Waals surface area contributed by atoms with Crippen LogP contribution in [0.15, 0.2) is 23.8 Å². The molecule has 1 fully saturated rings. The van der Waals surface area contributed by atoms with E-state index in [0.29, 0.717) is 22.9 Å². The van der Waals surface area contributed by atoms with Gasteiger partial charge in [0, 0.05) is 17.2 Å². The third-order valence-corrected chi connectivity index (χ3v) is 3.34. The Hall–Kier alpha value is -2.03. The van der Waals surface area contributed by atoms with Crippen LogP contribution in [-0.2, 0) is 9.53 Å². The normalized spacial score (nSPS) is 18.3. The van der Waals surface area contributed by atoms with Crippen molar-refractivity contribution in [3.63, 3.8) is 0 Å². The monoisotopic (exact) mass is 306 g/mol. The summed E-state index contributed by atoms with van der Waals surface area (Å²) in [5, 5.41) is 9.39. The highest BCUT2D eigenvalue weighted by Gasteiger charge is 2.17. The van der Waals surface area contributed by atoms with Gasteiger partial charge in [0.05, 0.1) is 6.10 Å². The molecule has 1 aromatic carbocycles. The molecule has 1 heterocycles. The van der Waals surface area contributed by atoms with E-state index in [0.717, 1.165) is 19.4 Å². The first kappa shape index (κ1) is 15.4. The number of carbonyl (C=O) groups excluding carboxylic acids is 1. The summed E-state index contributed by atoms with van der Waals surface area (Å²) in [7, 11) is 0. The molecule has 110 valence electrons. The molecule has 21 heavy (non-hydrogen) atoms. The van der Waals surface area contributed by atoms with Crippen molar-refractivity contribution < 1.29 is 14.3 Å². The zero-order chi connectivity index (χ0) is 15.2. The van der Waals surface area contributed by atoms with Gasteiger partial charge >= 0.3 is 0 Å². The first-order valence-electron chi connectivity index (χ1n) is 6.55. The topological polar surface area (TPSA) is 85.3 Å². The van der Waals surface area contributed by atoms with Gasteiger partial charge in [0.1, 0.15) is 24.0 Å². The lowest BCUT2D eigenvalue weighted by Crippen LogP contribution is -2.16. The third kappa shape index (κ3) is 4.22. The molecule has 0 bridgehead atoms. The molecule has 1 aromatic rings. The Morgan fingerprint density at radius 1 is 1.62 bits per heavy atom. The molecule has 6 heteroatoms. The quantitative estimate of drug-likeness (QED) is 0.668. The van der Waals surface area contributed by atoms with Crippen molar-refractivity contribution in [3.8, 4) is 11.8 Å². The summed E-state index contributed by atoms with van der Waals surface area (Å²) >= 11 is 5.94. The highest BCUT2D eigenvalue weighted by atomic mass is 35.5. The number of carbonyl (C=O) groups is 1. The van der Waals surface area contributed by atoms with Crippen molar-refractivity contribution >= 4 is 23.6 Å². The average Bonchev–Trinajstić information content (AvgIpc) is 2.96. The molecule has 5 nitrogen and oxygen atoms in total. The zero-order valence-corrected chi connectivity index (χ0v) is 12.1. The minimum Gasteiger partial charge on any atom is -0.490 e. The molecule has 0 spiro atoms. The van der Waals surface area contributed by atoms with Crippen molar-refractivity contribution in [3.05, 3.63) is 34.4 Å². The van der Waals surface area contributed by atoms with Crippen molar-refractivity contribution in [1.82, 2.24) is 0 Å². The van der Waals surface area contributed by atoms with Gasteiger partial charge in [-0.2, -0.15) is 5.26 Å². The van der Waals surface area contributed by atoms with E-state index >= 15 is 0 Å². The molecule has 1 unspecified atom stereocenters. The highest BCUT2D eigenvalue weighted by Crippen LogP contribution is 2.26. The number of nitriles is 1. The van der Waals surface area contributed by atoms with Crippen LogP contribution in [0.2, 0.25) is 5.02 Å². The van der Waals surface area contributed by atoms with Gasteiger partial charge in [-0.15, -0.1) is 0 Å². The molecule has 0 aliphatic carbocycles. The number of primary amides is 1. The Bertz CT molecular complexity index is 601. The summed E-state index contributed by atoms with van der Waals surface area (Å²) in [6.07, 6.45) is 3.44. The maximum Gasteiger partial charge on any atom is 0.259 e. The van der Waals surface area contributed by atoms with Gasteiger partial charge in [-0.1, -0.05) is 11.6 Å². The van der Waals surface area contributed by atoms with Crippen LogP contribution in [0.1, 0.15) is 18.4 Å². The summed E-state index contributed by atoms with van der Waals surface area (Å²) in [4.78, 5) is 11.1. The summed E-state index contributed by atoms with van der Waals surface area (Å²) in [6.45, 7) is 1.17. The van der Waals surface area contributed by atoms with Crippen LogP contribution in [0.3, 0.4) is 0 Å². The lowest BCUT2D eigenvalue weighted by molar-refractivity contribution is -0.114. The van der Waals surface area contributed by atoms with E-state index in [2.05, 4.69) is 0 Å². The van der Waals surface area contributed by atoms with Gasteiger partial charge in [0.15, 0.2) is 0 Å². The van der Waals surface area contributed by atoms with Crippen LogP contribution in [-0.4, -0.2) is 25.2 Å². The van der Waals surface area contributed by atoms with E-state index in [9.17, 15) is 4.79 Å². The zero-order valence-electron chi connectivity index (χ0n) is 11.3. The first-order chi connectivity index (χ1) is 10.1. The fraction of sp³-hybridized carbons (Fsp3) is 0.333. The van der Waals surface area contributed by atoms with Gasteiger partial charge in [-0.25, -0.2) is 0 Å².